The monoisotopic (exact) mass is 217 g/mol. The van der Waals surface area contributed by atoms with Gasteiger partial charge in [0.15, 0.2) is 0 Å². The van der Waals surface area contributed by atoms with Gasteiger partial charge in [0.2, 0.25) is 5.91 Å². The molecule has 0 unspecified atom stereocenters. The lowest BCUT2D eigenvalue weighted by Crippen LogP contribution is -2.31. The Hall–Kier alpha value is -1.77. The first-order valence-electron chi connectivity index (χ1n) is 5.48. The van der Waals surface area contributed by atoms with E-state index >= 15 is 0 Å². The minimum Gasteiger partial charge on any atom is -0.496 e. The van der Waals surface area contributed by atoms with E-state index in [0.717, 1.165) is 12.2 Å². The number of nitrogens with one attached hydrogen (secondary N) is 1. The van der Waals surface area contributed by atoms with Crippen molar-refractivity contribution in [3.8, 4) is 0 Å². The minimum atomic E-state index is -0.0654. The van der Waals surface area contributed by atoms with Gasteiger partial charge in [-0.25, -0.2) is 0 Å². The van der Waals surface area contributed by atoms with Crippen molar-refractivity contribution in [2.75, 3.05) is 6.61 Å². The molecule has 1 aromatic rings. The molecule has 16 heavy (non-hydrogen) atoms. The molecule has 1 amide bonds. The fourth-order valence-corrected chi connectivity index (χ4v) is 1.82. The van der Waals surface area contributed by atoms with Gasteiger partial charge in [-0.2, -0.15) is 0 Å². The van der Waals surface area contributed by atoms with Crippen LogP contribution in [-0.4, -0.2) is 18.6 Å². The second-order valence-corrected chi connectivity index (χ2v) is 3.73. The zero-order chi connectivity index (χ0) is 11.4. The molecule has 0 saturated carbocycles. The Balaban J connectivity index is 2.05. The van der Waals surface area contributed by atoms with Gasteiger partial charge in [-0.15, -0.1) is 0 Å². The van der Waals surface area contributed by atoms with Gasteiger partial charge in [0, 0.05) is 6.08 Å². The summed E-state index contributed by atoms with van der Waals surface area (Å²) in [6, 6.07) is 10.1. The summed E-state index contributed by atoms with van der Waals surface area (Å²) in [4.78, 5) is 11.3. The first-order valence-corrected chi connectivity index (χ1v) is 5.48. The van der Waals surface area contributed by atoms with Crippen LogP contribution in [0.4, 0.5) is 0 Å². The zero-order valence-corrected chi connectivity index (χ0v) is 9.27. The first kappa shape index (κ1) is 10.7. The lowest BCUT2D eigenvalue weighted by molar-refractivity contribution is -0.116. The van der Waals surface area contributed by atoms with Crippen molar-refractivity contribution in [2.45, 2.75) is 19.4 Å². The summed E-state index contributed by atoms with van der Waals surface area (Å²) in [7, 11) is 0. The Morgan fingerprint density at radius 1 is 1.31 bits per heavy atom. The number of hydrogen-bond donors (Lipinski definition) is 1. The number of ether oxygens (including phenoxy) is 1. The lowest BCUT2D eigenvalue weighted by atomic mass is 10.1. The quantitative estimate of drug-likeness (QED) is 0.832. The summed E-state index contributed by atoms with van der Waals surface area (Å²) in [6.07, 6.45) is 2.32. The molecule has 0 aliphatic carbocycles. The number of rotatable bonds is 4. The van der Waals surface area contributed by atoms with Gasteiger partial charge in [0.05, 0.1) is 12.6 Å². The molecule has 0 saturated heterocycles. The maximum Gasteiger partial charge on any atom is 0.248 e. The molecular weight excluding hydrogens is 202 g/mol. The highest BCUT2D eigenvalue weighted by Crippen LogP contribution is 2.15. The molecule has 1 aliphatic heterocycles. The van der Waals surface area contributed by atoms with Gasteiger partial charge in [-0.05, 0) is 18.9 Å². The number of benzene rings is 1. The summed E-state index contributed by atoms with van der Waals surface area (Å²) < 4.78 is 5.44. The summed E-state index contributed by atoms with van der Waals surface area (Å²) in [5.41, 5.74) is 1.19. The van der Waals surface area contributed by atoms with Crippen LogP contribution in [0.15, 0.2) is 42.2 Å². The molecule has 3 heteroatoms. The number of hydrogen-bond acceptors (Lipinski definition) is 2. The third-order valence-corrected chi connectivity index (χ3v) is 2.53. The predicted molar refractivity (Wildman–Crippen MR) is 61.8 cm³/mol. The van der Waals surface area contributed by atoms with Crippen molar-refractivity contribution in [3.63, 3.8) is 0 Å². The Morgan fingerprint density at radius 3 is 2.75 bits per heavy atom. The van der Waals surface area contributed by atoms with Crippen LogP contribution in [0.1, 0.15) is 12.5 Å². The van der Waals surface area contributed by atoms with Crippen molar-refractivity contribution >= 4 is 5.91 Å². The first-order chi connectivity index (χ1) is 7.79. The maximum absolute atomic E-state index is 11.3. The summed E-state index contributed by atoms with van der Waals surface area (Å²) in [5.74, 6) is 0.681. The largest absolute Gasteiger partial charge is 0.496 e. The van der Waals surface area contributed by atoms with E-state index in [4.69, 9.17) is 4.74 Å². The molecule has 1 aliphatic rings. The Morgan fingerprint density at radius 2 is 2.06 bits per heavy atom. The van der Waals surface area contributed by atoms with Gasteiger partial charge in [0.1, 0.15) is 5.76 Å². The van der Waals surface area contributed by atoms with Crippen molar-refractivity contribution in [1.82, 2.24) is 5.32 Å². The van der Waals surface area contributed by atoms with Crippen LogP contribution >= 0.6 is 0 Å². The normalized spacial score (nSPS) is 19.2. The highest BCUT2D eigenvalue weighted by atomic mass is 16.5. The van der Waals surface area contributed by atoms with Crippen molar-refractivity contribution < 1.29 is 9.53 Å². The Kier molecular flexibility index (Phi) is 3.25. The summed E-state index contributed by atoms with van der Waals surface area (Å²) >= 11 is 0. The average molecular weight is 217 g/mol. The van der Waals surface area contributed by atoms with Crippen LogP contribution in [0.25, 0.3) is 0 Å². The molecule has 1 N–H and O–H groups in total. The molecule has 3 nitrogen and oxygen atoms in total. The van der Waals surface area contributed by atoms with Crippen LogP contribution in [0.3, 0.4) is 0 Å². The third kappa shape index (κ3) is 2.42. The second kappa shape index (κ2) is 4.84. The fourth-order valence-electron chi connectivity index (χ4n) is 1.82. The van der Waals surface area contributed by atoms with Gasteiger partial charge in [0.25, 0.3) is 0 Å². The smallest absolute Gasteiger partial charge is 0.248 e. The van der Waals surface area contributed by atoms with Gasteiger partial charge >= 0.3 is 0 Å². The molecule has 1 atom stereocenters. The van der Waals surface area contributed by atoms with E-state index in [2.05, 4.69) is 5.32 Å². The second-order valence-electron chi connectivity index (χ2n) is 3.73. The molecular formula is C13H15NO2. The molecule has 0 bridgehead atoms. The minimum absolute atomic E-state index is 0.0187. The molecule has 0 spiro atoms. The summed E-state index contributed by atoms with van der Waals surface area (Å²) in [6.45, 7) is 2.51. The Bertz CT molecular complexity index is 398. The molecule has 0 fully saturated rings. The van der Waals surface area contributed by atoms with Gasteiger partial charge in [-0.1, -0.05) is 30.3 Å². The maximum atomic E-state index is 11.3. The molecule has 0 radical (unpaired) electrons. The molecule has 0 aromatic heterocycles. The van der Waals surface area contributed by atoms with Crippen LogP contribution in [0, 0.1) is 0 Å². The molecule has 1 aromatic carbocycles. The van der Waals surface area contributed by atoms with E-state index in [0.29, 0.717) is 6.61 Å². The van der Waals surface area contributed by atoms with E-state index in [1.807, 2.05) is 37.3 Å². The van der Waals surface area contributed by atoms with Crippen LogP contribution in [0.2, 0.25) is 0 Å². The van der Waals surface area contributed by atoms with Gasteiger partial charge < -0.3 is 10.1 Å². The van der Waals surface area contributed by atoms with E-state index in [9.17, 15) is 4.79 Å². The average Bonchev–Trinajstić information content (AvgIpc) is 2.61. The zero-order valence-electron chi connectivity index (χ0n) is 9.27. The number of carbonyl (C=O) groups excluding carboxylic acids is 1. The highest BCUT2D eigenvalue weighted by Gasteiger charge is 2.24. The SMILES string of the molecule is CCOC1=CC(=O)N[C@H]1Cc1ccccc1. The van der Waals surface area contributed by atoms with Crippen LogP contribution in [0.5, 0.6) is 0 Å². The lowest BCUT2D eigenvalue weighted by Gasteiger charge is -2.15. The molecule has 1 heterocycles. The third-order valence-electron chi connectivity index (χ3n) is 2.53. The van der Waals surface area contributed by atoms with E-state index in [-0.39, 0.29) is 11.9 Å². The van der Waals surface area contributed by atoms with Crippen molar-refractivity contribution in [3.05, 3.63) is 47.7 Å². The van der Waals surface area contributed by atoms with Crippen molar-refractivity contribution in [2.24, 2.45) is 0 Å². The van der Waals surface area contributed by atoms with Crippen molar-refractivity contribution in [1.29, 1.82) is 0 Å². The fraction of sp³-hybridized carbons (Fsp3) is 0.308. The van der Waals surface area contributed by atoms with Crippen LogP contribution < -0.4 is 5.32 Å². The van der Waals surface area contributed by atoms with Gasteiger partial charge in [-0.3, -0.25) is 4.79 Å². The van der Waals surface area contributed by atoms with E-state index in [1.54, 1.807) is 0 Å². The molecule has 2 rings (SSSR count). The number of amides is 1. The molecule has 84 valence electrons. The van der Waals surface area contributed by atoms with Crippen LogP contribution in [-0.2, 0) is 16.0 Å². The topological polar surface area (TPSA) is 38.3 Å². The standard InChI is InChI=1S/C13H15NO2/c1-2-16-12-9-13(15)14-11(12)8-10-6-4-3-5-7-10/h3-7,9,11H,2,8H2,1H3,(H,14,15)/t11-/m0/s1. The predicted octanol–water partition coefficient (Wildman–Crippen LogP) is 1.65. The summed E-state index contributed by atoms with van der Waals surface area (Å²) in [5, 5.41) is 2.88. The highest BCUT2D eigenvalue weighted by molar-refractivity contribution is 5.91. The van der Waals surface area contributed by atoms with E-state index in [1.165, 1.54) is 11.6 Å². The Labute approximate surface area is 95.1 Å². The van der Waals surface area contributed by atoms with E-state index < -0.39 is 0 Å². The number of carbonyl (C=O) groups is 1.